The number of aryl methyl sites for hydroxylation is 1. The molecule has 0 bridgehead atoms. The molecule has 1 aliphatic rings. The normalized spacial score (nSPS) is 22.1. The van der Waals surface area contributed by atoms with Gasteiger partial charge in [0.15, 0.2) is 0 Å². The molecule has 3 rings (SSSR count). The molecule has 0 radical (unpaired) electrons. The Morgan fingerprint density at radius 2 is 2.27 bits per heavy atom. The summed E-state index contributed by atoms with van der Waals surface area (Å²) in [5.74, 6) is 0.810. The lowest BCUT2D eigenvalue weighted by Gasteiger charge is -2.23. The van der Waals surface area contributed by atoms with Gasteiger partial charge in [-0.15, -0.1) is 0 Å². The Labute approximate surface area is 130 Å². The van der Waals surface area contributed by atoms with E-state index in [1.165, 1.54) is 5.56 Å². The monoisotopic (exact) mass is 302 g/mol. The average molecular weight is 302 g/mol. The van der Waals surface area contributed by atoms with Gasteiger partial charge >= 0.3 is 0 Å². The molecule has 0 N–H and O–H groups in total. The summed E-state index contributed by atoms with van der Waals surface area (Å²) >= 11 is 0. The van der Waals surface area contributed by atoms with Crippen LogP contribution in [0.5, 0.6) is 5.75 Å². The second-order valence-electron chi connectivity index (χ2n) is 5.70. The highest BCUT2D eigenvalue weighted by Gasteiger charge is 2.32. The molecular formula is C16H22N4O2. The molecule has 1 saturated heterocycles. The van der Waals surface area contributed by atoms with Crippen molar-refractivity contribution in [2.24, 2.45) is 7.05 Å². The molecule has 1 aliphatic heterocycles. The maximum Gasteiger partial charge on any atom is 0.137 e. The number of likely N-dealkylation sites (tertiary alicyclic amines) is 1. The lowest BCUT2D eigenvalue weighted by atomic mass is 10.2. The van der Waals surface area contributed by atoms with Gasteiger partial charge in [-0.3, -0.25) is 14.6 Å². The Bertz CT molecular complexity index is 587. The molecule has 118 valence electrons. The highest BCUT2D eigenvalue weighted by atomic mass is 16.5. The minimum atomic E-state index is 0.263. The lowest BCUT2D eigenvalue weighted by Crippen LogP contribution is -2.33. The smallest absolute Gasteiger partial charge is 0.137 e. The molecule has 0 aliphatic carbocycles. The van der Waals surface area contributed by atoms with E-state index in [9.17, 15) is 0 Å². The van der Waals surface area contributed by atoms with Crippen LogP contribution in [0, 0.1) is 0 Å². The van der Waals surface area contributed by atoms with Gasteiger partial charge in [0.2, 0.25) is 0 Å². The van der Waals surface area contributed by atoms with Crippen molar-refractivity contribution < 1.29 is 9.47 Å². The van der Waals surface area contributed by atoms with Gasteiger partial charge in [-0.1, -0.05) is 0 Å². The van der Waals surface area contributed by atoms with E-state index in [1.807, 2.05) is 30.1 Å². The van der Waals surface area contributed by atoms with E-state index in [0.717, 1.165) is 25.3 Å². The van der Waals surface area contributed by atoms with E-state index in [4.69, 9.17) is 9.47 Å². The predicted molar refractivity (Wildman–Crippen MR) is 82.6 cm³/mol. The number of hydrogen-bond donors (Lipinski definition) is 0. The molecular weight excluding hydrogens is 280 g/mol. The Morgan fingerprint density at radius 3 is 2.95 bits per heavy atom. The third-order valence-electron chi connectivity index (χ3n) is 4.04. The highest BCUT2D eigenvalue weighted by molar-refractivity contribution is 5.15. The number of aromatic nitrogens is 3. The topological polar surface area (TPSA) is 52.4 Å². The number of methoxy groups -OCH3 is 1. The molecule has 22 heavy (non-hydrogen) atoms. The number of rotatable bonds is 6. The van der Waals surface area contributed by atoms with Crippen LogP contribution >= 0.6 is 0 Å². The first-order valence-electron chi connectivity index (χ1n) is 7.52. The fraction of sp³-hybridized carbons (Fsp3) is 0.500. The van der Waals surface area contributed by atoms with Crippen molar-refractivity contribution in [1.29, 1.82) is 0 Å². The second kappa shape index (κ2) is 6.89. The minimum absolute atomic E-state index is 0.263. The zero-order valence-corrected chi connectivity index (χ0v) is 13.1. The van der Waals surface area contributed by atoms with E-state index in [-0.39, 0.29) is 6.10 Å². The van der Waals surface area contributed by atoms with Crippen molar-refractivity contribution >= 4 is 0 Å². The fourth-order valence-corrected chi connectivity index (χ4v) is 2.89. The van der Waals surface area contributed by atoms with Crippen molar-refractivity contribution in [1.82, 2.24) is 19.7 Å². The first-order chi connectivity index (χ1) is 10.7. The molecule has 0 aromatic carbocycles. The summed E-state index contributed by atoms with van der Waals surface area (Å²) < 4.78 is 13.2. The molecule has 0 saturated carbocycles. The molecule has 3 heterocycles. The summed E-state index contributed by atoms with van der Waals surface area (Å²) in [5, 5.41) is 4.24. The van der Waals surface area contributed by atoms with E-state index < -0.39 is 0 Å². The summed E-state index contributed by atoms with van der Waals surface area (Å²) in [6.07, 6.45) is 8.71. The molecule has 0 unspecified atom stereocenters. The van der Waals surface area contributed by atoms with Crippen molar-refractivity contribution in [3.05, 3.63) is 42.5 Å². The van der Waals surface area contributed by atoms with Crippen LogP contribution in [0.4, 0.5) is 0 Å². The Balaban J connectivity index is 1.61. The van der Waals surface area contributed by atoms with Crippen molar-refractivity contribution in [3.8, 4) is 5.75 Å². The molecule has 0 amide bonds. The van der Waals surface area contributed by atoms with Crippen molar-refractivity contribution in [2.45, 2.75) is 25.1 Å². The molecule has 2 aromatic rings. The van der Waals surface area contributed by atoms with Crippen LogP contribution < -0.4 is 4.74 Å². The van der Waals surface area contributed by atoms with E-state index >= 15 is 0 Å². The summed E-state index contributed by atoms with van der Waals surface area (Å²) in [4.78, 5) is 6.48. The number of ether oxygens (including phenoxy) is 2. The van der Waals surface area contributed by atoms with Crippen LogP contribution in [0.1, 0.15) is 12.0 Å². The molecule has 6 heteroatoms. The highest BCUT2D eigenvalue weighted by Crippen LogP contribution is 2.23. The second-order valence-corrected chi connectivity index (χ2v) is 5.70. The van der Waals surface area contributed by atoms with Crippen LogP contribution in [-0.4, -0.2) is 52.1 Å². The molecule has 2 aromatic heterocycles. The van der Waals surface area contributed by atoms with Crippen LogP contribution in [0.15, 0.2) is 36.9 Å². The first kappa shape index (κ1) is 15.0. The quantitative estimate of drug-likeness (QED) is 0.809. The largest absolute Gasteiger partial charge is 0.490 e. The van der Waals surface area contributed by atoms with Gasteiger partial charge in [-0.05, 0) is 18.6 Å². The summed E-state index contributed by atoms with van der Waals surface area (Å²) in [5.41, 5.74) is 1.21. The zero-order valence-electron chi connectivity index (χ0n) is 13.1. The fourth-order valence-electron chi connectivity index (χ4n) is 2.89. The van der Waals surface area contributed by atoms with Gasteiger partial charge in [-0.25, -0.2) is 0 Å². The molecule has 6 nitrogen and oxygen atoms in total. The Hall–Kier alpha value is -1.92. The van der Waals surface area contributed by atoms with Crippen LogP contribution in [0.3, 0.4) is 0 Å². The SMILES string of the molecule is CO[C@@H]1C[C@@H](COc2cccnc2)N(Cc2cnn(C)c2)C1. The summed E-state index contributed by atoms with van der Waals surface area (Å²) in [6.45, 7) is 2.44. The van der Waals surface area contributed by atoms with Crippen LogP contribution in [0.2, 0.25) is 0 Å². The Kier molecular flexibility index (Phi) is 4.70. The van der Waals surface area contributed by atoms with Crippen LogP contribution in [0.25, 0.3) is 0 Å². The van der Waals surface area contributed by atoms with Crippen LogP contribution in [-0.2, 0) is 18.3 Å². The van der Waals surface area contributed by atoms with Gasteiger partial charge in [0.1, 0.15) is 12.4 Å². The molecule has 2 atom stereocenters. The van der Waals surface area contributed by atoms with Gasteiger partial charge in [0, 0.05) is 51.2 Å². The third kappa shape index (κ3) is 3.64. The summed E-state index contributed by atoms with van der Waals surface area (Å²) in [6, 6.07) is 4.15. The number of hydrogen-bond acceptors (Lipinski definition) is 5. The standard InChI is InChI=1S/C16H22N4O2/c1-19-9-13(7-18-19)10-20-11-16(21-2)6-14(20)12-22-15-4-3-5-17-8-15/h3-5,7-9,14,16H,6,10-12H2,1-2H3/t14-,16+/m0/s1. The van der Waals surface area contributed by atoms with E-state index in [2.05, 4.69) is 21.2 Å². The van der Waals surface area contributed by atoms with Crippen molar-refractivity contribution in [2.75, 3.05) is 20.3 Å². The van der Waals surface area contributed by atoms with Crippen molar-refractivity contribution in [3.63, 3.8) is 0 Å². The van der Waals surface area contributed by atoms with E-state index in [1.54, 1.807) is 19.5 Å². The molecule has 0 spiro atoms. The maximum atomic E-state index is 5.88. The van der Waals surface area contributed by atoms with Gasteiger partial charge in [0.05, 0.1) is 18.5 Å². The predicted octanol–water partition coefficient (Wildman–Crippen LogP) is 1.48. The number of pyridine rings is 1. The third-order valence-corrected chi connectivity index (χ3v) is 4.04. The van der Waals surface area contributed by atoms with E-state index in [0.29, 0.717) is 12.6 Å². The van der Waals surface area contributed by atoms with Gasteiger partial charge in [-0.2, -0.15) is 5.10 Å². The van der Waals surface area contributed by atoms with Gasteiger partial charge < -0.3 is 9.47 Å². The lowest BCUT2D eigenvalue weighted by molar-refractivity contribution is 0.107. The Morgan fingerprint density at radius 1 is 1.36 bits per heavy atom. The minimum Gasteiger partial charge on any atom is -0.490 e. The number of nitrogens with zero attached hydrogens (tertiary/aromatic N) is 4. The summed E-state index contributed by atoms with van der Waals surface area (Å²) in [7, 11) is 3.71. The zero-order chi connectivity index (χ0) is 15.4. The van der Waals surface area contributed by atoms with Gasteiger partial charge in [0.25, 0.3) is 0 Å². The molecule has 1 fully saturated rings. The average Bonchev–Trinajstić information content (AvgIpc) is 3.13. The first-order valence-corrected chi connectivity index (χ1v) is 7.52. The maximum absolute atomic E-state index is 5.88.